The van der Waals surface area contributed by atoms with Crippen molar-refractivity contribution in [3.05, 3.63) is 28.2 Å². The highest BCUT2D eigenvalue weighted by Gasteiger charge is 2.28. The summed E-state index contributed by atoms with van der Waals surface area (Å²) < 4.78 is 0. The summed E-state index contributed by atoms with van der Waals surface area (Å²) in [6.07, 6.45) is 7.34. The van der Waals surface area contributed by atoms with Crippen LogP contribution in [0.2, 0.25) is 0 Å². The number of rotatable bonds is 5. The van der Waals surface area contributed by atoms with E-state index in [1.165, 1.54) is 4.88 Å². The molecule has 0 bridgehead atoms. The molecule has 0 aromatic carbocycles. The van der Waals surface area contributed by atoms with Crippen molar-refractivity contribution in [1.29, 1.82) is 0 Å². The third-order valence-corrected chi connectivity index (χ3v) is 5.66. The van der Waals surface area contributed by atoms with Gasteiger partial charge in [0.1, 0.15) is 0 Å². The molecule has 1 fully saturated rings. The third kappa shape index (κ3) is 4.32. The first kappa shape index (κ1) is 16.5. The highest BCUT2D eigenvalue weighted by molar-refractivity contribution is 7.09. The molecule has 126 valence electrons. The molecule has 0 radical (unpaired) electrons. The normalized spacial score (nSPS) is 21.5. The third-order valence-electron chi connectivity index (χ3n) is 4.74. The highest BCUT2D eigenvalue weighted by Crippen LogP contribution is 2.20. The van der Waals surface area contributed by atoms with Crippen LogP contribution in [0.3, 0.4) is 0 Å². The fourth-order valence-corrected chi connectivity index (χ4v) is 4.25. The summed E-state index contributed by atoms with van der Waals surface area (Å²) in [5.41, 5.74) is 3.05. The lowest BCUT2D eigenvalue weighted by Gasteiger charge is -2.22. The van der Waals surface area contributed by atoms with Gasteiger partial charge in [-0.15, -0.1) is 11.3 Å². The molecule has 2 amide bonds. The van der Waals surface area contributed by atoms with Crippen LogP contribution >= 0.6 is 11.3 Å². The average Bonchev–Trinajstić information content (AvgIpc) is 3.23. The van der Waals surface area contributed by atoms with E-state index in [9.17, 15) is 4.79 Å². The van der Waals surface area contributed by atoms with Gasteiger partial charge >= 0.3 is 6.03 Å². The van der Waals surface area contributed by atoms with Gasteiger partial charge in [-0.1, -0.05) is 12.2 Å². The number of carbonyl (C=O) groups is 1. The summed E-state index contributed by atoms with van der Waals surface area (Å²) >= 11 is 1.73. The lowest BCUT2D eigenvalue weighted by atomic mass is 10.1. The number of nitrogens with one attached hydrogen (secondary N) is 1. The first-order valence-corrected chi connectivity index (χ1v) is 9.27. The summed E-state index contributed by atoms with van der Waals surface area (Å²) in [7, 11) is 2.16. The SMILES string of the molecule is Cc1ncsc1CN(C)C[C@H]1CCN(C(=O)NC2CC=CC2)C1. The number of urea groups is 1. The standard InChI is InChI=1S/C17H26N4OS/c1-13-16(23-12-18-13)11-20(2)9-14-7-8-21(10-14)17(22)19-15-5-3-4-6-15/h3-4,12,14-15H,5-11H2,1-2H3,(H,19,22)/t14-/m1/s1. The predicted molar refractivity (Wildman–Crippen MR) is 93.6 cm³/mol. The molecular weight excluding hydrogens is 308 g/mol. The van der Waals surface area contributed by atoms with Crippen LogP contribution in [0.4, 0.5) is 4.79 Å². The van der Waals surface area contributed by atoms with E-state index in [1.54, 1.807) is 11.3 Å². The molecule has 1 aliphatic heterocycles. The maximum Gasteiger partial charge on any atom is 0.317 e. The monoisotopic (exact) mass is 334 g/mol. The molecule has 23 heavy (non-hydrogen) atoms. The molecule has 1 saturated heterocycles. The van der Waals surface area contributed by atoms with Crippen LogP contribution in [-0.2, 0) is 6.54 Å². The number of amides is 2. The average molecular weight is 334 g/mol. The molecular formula is C17H26N4OS. The van der Waals surface area contributed by atoms with Gasteiger partial charge in [-0.25, -0.2) is 9.78 Å². The van der Waals surface area contributed by atoms with Crippen molar-refractivity contribution in [2.45, 2.75) is 38.8 Å². The van der Waals surface area contributed by atoms with E-state index < -0.39 is 0 Å². The number of aryl methyl sites for hydroxylation is 1. The van der Waals surface area contributed by atoms with Crippen molar-refractivity contribution in [2.24, 2.45) is 5.92 Å². The zero-order chi connectivity index (χ0) is 16.2. The van der Waals surface area contributed by atoms with Crippen LogP contribution < -0.4 is 5.32 Å². The van der Waals surface area contributed by atoms with E-state index in [2.05, 4.69) is 41.3 Å². The Hall–Kier alpha value is -1.40. The van der Waals surface area contributed by atoms with Crippen molar-refractivity contribution in [2.75, 3.05) is 26.7 Å². The number of hydrogen-bond donors (Lipinski definition) is 1. The fraction of sp³-hybridized carbons (Fsp3) is 0.647. The van der Waals surface area contributed by atoms with E-state index in [4.69, 9.17) is 0 Å². The number of hydrogen-bond acceptors (Lipinski definition) is 4. The van der Waals surface area contributed by atoms with Gasteiger partial charge in [-0.3, -0.25) is 0 Å². The molecule has 1 aromatic rings. The van der Waals surface area contributed by atoms with E-state index in [1.807, 2.05) is 10.4 Å². The van der Waals surface area contributed by atoms with Crippen molar-refractivity contribution < 1.29 is 4.79 Å². The Kier molecular flexibility index (Phi) is 5.33. The first-order chi connectivity index (χ1) is 11.1. The van der Waals surface area contributed by atoms with Gasteiger partial charge in [0.05, 0.1) is 11.2 Å². The largest absolute Gasteiger partial charge is 0.335 e. The topological polar surface area (TPSA) is 48.5 Å². The van der Waals surface area contributed by atoms with E-state index in [-0.39, 0.29) is 6.03 Å². The number of aromatic nitrogens is 1. The van der Waals surface area contributed by atoms with Crippen molar-refractivity contribution >= 4 is 17.4 Å². The predicted octanol–water partition coefficient (Wildman–Crippen LogP) is 2.63. The van der Waals surface area contributed by atoms with Crippen LogP contribution in [-0.4, -0.2) is 53.5 Å². The molecule has 1 atom stereocenters. The van der Waals surface area contributed by atoms with E-state index in [0.29, 0.717) is 12.0 Å². The van der Waals surface area contributed by atoms with Gasteiger partial charge in [0, 0.05) is 37.1 Å². The molecule has 1 aliphatic carbocycles. The number of likely N-dealkylation sites (tertiary alicyclic amines) is 1. The molecule has 0 unspecified atom stereocenters. The van der Waals surface area contributed by atoms with Crippen molar-refractivity contribution in [1.82, 2.24) is 20.1 Å². The van der Waals surface area contributed by atoms with Crippen molar-refractivity contribution in [3.8, 4) is 0 Å². The maximum absolute atomic E-state index is 12.3. The van der Waals surface area contributed by atoms with Crippen LogP contribution in [0.5, 0.6) is 0 Å². The van der Waals surface area contributed by atoms with Crippen LogP contribution in [0, 0.1) is 12.8 Å². The van der Waals surface area contributed by atoms with E-state index in [0.717, 1.165) is 51.1 Å². The molecule has 0 spiro atoms. The summed E-state index contributed by atoms with van der Waals surface area (Å²) in [6, 6.07) is 0.417. The molecule has 2 aliphatic rings. The minimum absolute atomic E-state index is 0.113. The zero-order valence-corrected chi connectivity index (χ0v) is 14.8. The van der Waals surface area contributed by atoms with Crippen LogP contribution in [0.25, 0.3) is 0 Å². The van der Waals surface area contributed by atoms with Gasteiger partial charge in [0.15, 0.2) is 0 Å². The lowest BCUT2D eigenvalue weighted by molar-refractivity contribution is 0.200. The van der Waals surface area contributed by atoms with Crippen LogP contribution in [0.1, 0.15) is 29.8 Å². The summed E-state index contributed by atoms with van der Waals surface area (Å²) in [5.74, 6) is 0.570. The lowest BCUT2D eigenvalue weighted by Crippen LogP contribution is -2.43. The Balaban J connectivity index is 1.42. The molecule has 3 rings (SSSR count). The molecule has 6 heteroatoms. The summed E-state index contributed by atoms with van der Waals surface area (Å²) in [5, 5.41) is 3.14. The van der Waals surface area contributed by atoms with Crippen molar-refractivity contribution in [3.63, 3.8) is 0 Å². The fourth-order valence-electron chi connectivity index (χ4n) is 3.40. The number of thiazole rings is 1. The second kappa shape index (κ2) is 7.45. The quantitative estimate of drug-likeness (QED) is 0.842. The van der Waals surface area contributed by atoms with E-state index >= 15 is 0 Å². The molecule has 1 aromatic heterocycles. The zero-order valence-electron chi connectivity index (χ0n) is 14.0. The minimum atomic E-state index is 0.113. The Morgan fingerprint density at radius 2 is 2.26 bits per heavy atom. The van der Waals surface area contributed by atoms with Gasteiger partial charge in [-0.05, 0) is 39.2 Å². The Morgan fingerprint density at radius 1 is 1.48 bits per heavy atom. The smallest absolute Gasteiger partial charge is 0.317 e. The summed E-state index contributed by atoms with van der Waals surface area (Å²) in [6.45, 7) is 5.81. The Morgan fingerprint density at radius 3 is 2.96 bits per heavy atom. The number of carbonyl (C=O) groups excluding carboxylic acids is 1. The highest BCUT2D eigenvalue weighted by atomic mass is 32.1. The van der Waals surface area contributed by atoms with Crippen LogP contribution in [0.15, 0.2) is 17.7 Å². The second-order valence-electron chi connectivity index (χ2n) is 6.75. The van der Waals surface area contributed by atoms with Gasteiger partial charge in [-0.2, -0.15) is 0 Å². The second-order valence-corrected chi connectivity index (χ2v) is 7.69. The van der Waals surface area contributed by atoms with Gasteiger partial charge < -0.3 is 15.1 Å². The first-order valence-electron chi connectivity index (χ1n) is 8.39. The maximum atomic E-state index is 12.3. The van der Waals surface area contributed by atoms with Gasteiger partial charge in [0.2, 0.25) is 0 Å². The molecule has 1 N–H and O–H groups in total. The Labute approximate surface area is 142 Å². The van der Waals surface area contributed by atoms with Gasteiger partial charge in [0.25, 0.3) is 0 Å². The molecule has 0 saturated carbocycles. The Bertz CT molecular complexity index is 563. The molecule has 5 nitrogen and oxygen atoms in total. The minimum Gasteiger partial charge on any atom is -0.335 e. The summed E-state index contributed by atoms with van der Waals surface area (Å²) in [4.78, 5) is 22.3. The molecule has 2 heterocycles. The number of nitrogens with zero attached hydrogens (tertiary/aromatic N) is 3.